The molecular weight excluding hydrogens is 300 g/mol. The number of aromatic carboxylic acids is 1. The number of carbonyl (C=O) groups is 2. The molecule has 23 heavy (non-hydrogen) atoms. The monoisotopic (exact) mass is 312 g/mol. The molecule has 1 aliphatic carbocycles. The summed E-state index contributed by atoms with van der Waals surface area (Å²) >= 11 is 0. The first-order valence-electron chi connectivity index (χ1n) is 6.79. The largest absolute Gasteiger partial charge is 0.476 e. The van der Waals surface area contributed by atoms with Gasteiger partial charge in [-0.2, -0.15) is 5.26 Å². The Morgan fingerprint density at radius 2 is 2.17 bits per heavy atom. The van der Waals surface area contributed by atoms with Gasteiger partial charge in [-0.3, -0.25) is 9.78 Å². The molecule has 9 heteroatoms. The topological polar surface area (TPSA) is 134 Å². The summed E-state index contributed by atoms with van der Waals surface area (Å²) in [5, 5.41) is 28.3. The van der Waals surface area contributed by atoms with Gasteiger partial charge in [0.15, 0.2) is 5.69 Å². The summed E-state index contributed by atoms with van der Waals surface area (Å²) in [5.41, 5.74) is -0.0831. The predicted octanol–water partition coefficient (Wildman–Crippen LogP) is 0.818. The van der Waals surface area contributed by atoms with Gasteiger partial charge in [-0.15, -0.1) is 5.10 Å². The molecular formula is C14H12N6O3. The second-order valence-electron chi connectivity index (χ2n) is 5.30. The van der Waals surface area contributed by atoms with Gasteiger partial charge >= 0.3 is 5.97 Å². The Morgan fingerprint density at radius 1 is 1.43 bits per heavy atom. The van der Waals surface area contributed by atoms with E-state index in [2.05, 4.69) is 20.6 Å². The molecule has 2 aromatic rings. The van der Waals surface area contributed by atoms with E-state index >= 15 is 0 Å². The van der Waals surface area contributed by atoms with Gasteiger partial charge < -0.3 is 10.4 Å². The molecule has 0 unspecified atom stereocenters. The number of nitriles is 1. The van der Waals surface area contributed by atoms with Crippen LogP contribution in [0.4, 0.5) is 5.69 Å². The second-order valence-corrected chi connectivity index (χ2v) is 5.30. The molecule has 0 aliphatic heterocycles. The molecule has 2 heterocycles. The summed E-state index contributed by atoms with van der Waals surface area (Å²) in [5.74, 6) is -1.50. The fraction of sp³-hybridized carbons (Fsp3) is 0.286. The first kappa shape index (κ1) is 14.6. The molecule has 0 aromatic carbocycles. The standard InChI is InChI=1S/C14H12N6O3/c1-20-11(12(21)22)10(18-19-20)9-3-2-8(6-16-9)17-13(23)14(7-15)4-5-14/h2-3,6H,4-5H2,1H3,(H,17,23)(H,21,22). The number of hydrogen-bond donors (Lipinski definition) is 2. The highest BCUT2D eigenvalue weighted by Crippen LogP contribution is 2.45. The number of rotatable bonds is 4. The van der Waals surface area contributed by atoms with E-state index in [1.165, 1.54) is 19.3 Å². The molecule has 0 radical (unpaired) electrons. The number of aromatic nitrogens is 4. The van der Waals surface area contributed by atoms with Crippen LogP contribution in [0.1, 0.15) is 23.3 Å². The zero-order chi connectivity index (χ0) is 16.6. The Hall–Kier alpha value is -3.28. The highest BCUT2D eigenvalue weighted by Gasteiger charge is 2.50. The quantitative estimate of drug-likeness (QED) is 0.853. The van der Waals surface area contributed by atoms with Gasteiger partial charge in [0.05, 0.1) is 23.6 Å². The Balaban J connectivity index is 1.82. The Kier molecular flexibility index (Phi) is 3.29. The van der Waals surface area contributed by atoms with Crippen molar-refractivity contribution in [3.05, 3.63) is 24.0 Å². The van der Waals surface area contributed by atoms with E-state index in [4.69, 9.17) is 5.26 Å². The van der Waals surface area contributed by atoms with E-state index in [0.29, 0.717) is 24.2 Å². The first-order valence-corrected chi connectivity index (χ1v) is 6.79. The third-order valence-corrected chi connectivity index (χ3v) is 3.69. The number of amides is 1. The van der Waals surface area contributed by atoms with Crippen LogP contribution < -0.4 is 5.32 Å². The van der Waals surface area contributed by atoms with E-state index in [1.807, 2.05) is 6.07 Å². The van der Waals surface area contributed by atoms with Crippen molar-refractivity contribution in [1.29, 1.82) is 5.26 Å². The van der Waals surface area contributed by atoms with Crippen molar-refractivity contribution in [2.24, 2.45) is 12.5 Å². The Labute approximate surface area is 130 Å². The van der Waals surface area contributed by atoms with Gasteiger partial charge in [-0.1, -0.05) is 5.21 Å². The predicted molar refractivity (Wildman–Crippen MR) is 77.1 cm³/mol. The number of carboxylic acid groups (broad SMARTS) is 1. The molecule has 1 saturated carbocycles. The summed E-state index contributed by atoms with van der Waals surface area (Å²) in [7, 11) is 1.48. The van der Waals surface area contributed by atoms with Gasteiger partial charge in [-0.05, 0) is 25.0 Å². The smallest absolute Gasteiger partial charge is 0.356 e. The summed E-state index contributed by atoms with van der Waals surface area (Å²) in [4.78, 5) is 27.3. The lowest BCUT2D eigenvalue weighted by Crippen LogP contribution is -2.22. The normalized spacial score (nSPS) is 14.8. The number of anilines is 1. The van der Waals surface area contributed by atoms with Crippen molar-refractivity contribution < 1.29 is 14.7 Å². The number of carbonyl (C=O) groups excluding carboxylic acids is 1. The van der Waals surface area contributed by atoms with Crippen molar-refractivity contribution >= 4 is 17.6 Å². The minimum absolute atomic E-state index is 0.0734. The lowest BCUT2D eigenvalue weighted by molar-refractivity contribution is -0.119. The Morgan fingerprint density at radius 3 is 2.70 bits per heavy atom. The fourth-order valence-corrected chi connectivity index (χ4v) is 2.14. The van der Waals surface area contributed by atoms with Gasteiger partial charge in [0.2, 0.25) is 5.91 Å². The highest BCUT2D eigenvalue weighted by atomic mass is 16.4. The van der Waals surface area contributed by atoms with Crippen molar-refractivity contribution in [1.82, 2.24) is 20.0 Å². The van der Waals surface area contributed by atoms with Crippen molar-refractivity contribution in [2.45, 2.75) is 12.8 Å². The van der Waals surface area contributed by atoms with E-state index < -0.39 is 11.4 Å². The number of nitrogens with one attached hydrogen (secondary N) is 1. The van der Waals surface area contributed by atoms with E-state index in [9.17, 15) is 14.7 Å². The van der Waals surface area contributed by atoms with Crippen LogP contribution in [0.5, 0.6) is 0 Å². The van der Waals surface area contributed by atoms with Crippen LogP contribution in [0.2, 0.25) is 0 Å². The minimum atomic E-state index is -1.16. The maximum Gasteiger partial charge on any atom is 0.356 e. The SMILES string of the molecule is Cn1nnc(-c2ccc(NC(=O)C3(C#N)CC3)cn2)c1C(=O)O. The summed E-state index contributed by atoms with van der Waals surface area (Å²) in [6.45, 7) is 0. The van der Waals surface area contributed by atoms with Crippen LogP contribution >= 0.6 is 0 Å². The molecule has 1 aliphatic rings. The average molecular weight is 312 g/mol. The van der Waals surface area contributed by atoms with E-state index in [-0.39, 0.29) is 17.3 Å². The first-order chi connectivity index (χ1) is 11.0. The maximum absolute atomic E-state index is 12.0. The maximum atomic E-state index is 12.0. The summed E-state index contributed by atoms with van der Waals surface area (Å²) in [6.07, 6.45) is 2.51. The van der Waals surface area contributed by atoms with Gasteiger partial charge in [0, 0.05) is 7.05 Å². The van der Waals surface area contributed by atoms with Crippen LogP contribution in [0, 0.1) is 16.7 Å². The van der Waals surface area contributed by atoms with Gasteiger partial charge in [-0.25, -0.2) is 9.48 Å². The van der Waals surface area contributed by atoms with Crippen LogP contribution in [-0.4, -0.2) is 37.0 Å². The van der Waals surface area contributed by atoms with Crippen molar-refractivity contribution in [3.8, 4) is 17.5 Å². The lowest BCUT2D eigenvalue weighted by Gasteiger charge is -2.08. The number of carboxylic acids is 1. The lowest BCUT2D eigenvalue weighted by atomic mass is 10.1. The second kappa shape index (κ2) is 5.17. The number of hydrogen-bond acceptors (Lipinski definition) is 6. The van der Waals surface area contributed by atoms with Crippen molar-refractivity contribution in [2.75, 3.05) is 5.32 Å². The van der Waals surface area contributed by atoms with Gasteiger partial charge in [0.1, 0.15) is 11.1 Å². The fourth-order valence-electron chi connectivity index (χ4n) is 2.14. The highest BCUT2D eigenvalue weighted by molar-refractivity contribution is 5.99. The van der Waals surface area contributed by atoms with E-state index in [0.717, 1.165) is 4.68 Å². The molecule has 0 spiro atoms. The van der Waals surface area contributed by atoms with Crippen LogP contribution in [0.3, 0.4) is 0 Å². The molecule has 2 N–H and O–H groups in total. The number of pyridine rings is 1. The number of aryl methyl sites for hydroxylation is 1. The van der Waals surface area contributed by atoms with Crippen LogP contribution in [-0.2, 0) is 11.8 Å². The third kappa shape index (κ3) is 2.50. The molecule has 0 bridgehead atoms. The van der Waals surface area contributed by atoms with Gasteiger partial charge in [0.25, 0.3) is 0 Å². The van der Waals surface area contributed by atoms with Crippen LogP contribution in [0.15, 0.2) is 18.3 Å². The molecule has 1 amide bonds. The third-order valence-electron chi connectivity index (χ3n) is 3.69. The average Bonchev–Trinajstić information content (AvgIpc) is 3.24. The van der Waals surface area contributed by atoms with Crippen molar-refractivity contribution in [3.63, 3.8) is 0 Å². The number of nitrogens with zero attached hydrogens (tertiary/aromatic N) is 5. The summed E-state index contributed by atoms with van der Waals surface area (Å²) < 4.78 is 1.15. The zero-order valence-corrected chi connectivity index (χ0v) is 12.1. The molecule has 1 fully saturated rings. The molecule has 2 aromatic heterocycles. The minimum Gasteiger partial charge on any atom is -0.476 e. The molecule has 0 saturated heterocycles. The molecule has 3 rings (SSSR count). The molecule has 0 atom stereocenters. The van der Waals surface area contributed by atoms with E-state index in [1.54, 1.807) is 6.07 Å². The molecule has 116 valence electrons. The van der Waals surface area contributed by atoms with Crippen LogP contribution in [0.25, 0.3) is 11.4 Å². The zero-order valence-electron chi connectivity index (χ0n) is 12.1. The Bertz CT molecular complexity index is 829. The molecule has 9 nitrogen and oxygen atoms in total. The summed E-state index contributed by atoms with van der Waals surface area (Å²) in [6, 6.07) is 5.13.